The van der Waals surface area contributed by atoms with E-state index >= 15 is 0 Å². The number of rotatable bonds is 5. The van der Waals surface area contributed by atoms with Gasteiger partial charge in [-0.1, -0.05) is 30.3 Å². The molecule has 0 radical (unpaired) electrons. The van der Waals surface area contributed by atoms with Crippen LogP contribution in [-0.4, -0.2) is 19.3 Å². The summed E-state index contributed by atoms with van der Waals surface area (Å²) in [5.41, 5.74) is 3.82. The van der Waals surface area contributed by atoms with Crippen molar-refractivity contribution in [3.8, 4) is 5.75 Å². The van der Waals surface area contributed by atoms with Gasteiger partial charge in [0, 0.05) is 7.11 Å². The van der Waals surface area contributed by atoms with Crippen molar-refractivity contribution in [2.75, 3.05) is 14.2 Å². The van der Waals surface area contributed by atoms with Crippen LogP contribution >= 0.6 is 0 Å². The molecule has 0 aliphatic heterocycles. The van der Waals surface area contributed by atoms with Gasteiger partial charge >= 0.3 is 0 Å². The third-order valence-corrected chi connectivity index (χ3v) is 3.35. The normalized spacial score (nSPS) is 12.2. The van der Waals surface area contributed by atoms with Gasteiger partial charge in [-0.25, -0.2) is 0 Å². The summed E-state index contributed by atoms with van der Waals surface area (Å²) in [5.74, 6) is 0.798. The van der Waals surface area contributed by atoms with Crippen molar-refractivity contribution in [2.45, 2.75) is 19.6 Å². The van der Waals surface area contributed by atoms with Gasteiger partial charge in [0.1, 0.15) is 11.9 Å². The van der Waals surface area contributed by atoms with Crippen molar-refractivity contribution >= 4 is 0 Å². The zero-order chi connectivity index (χ0) is 14.5. The summed E-state index contributed by atoms with van der Waals surface area (Å²) in [4.78, 5) is 0. The Labute approximate surface area is 119 Å². The van der Waals surface area contributed by atoms with Crippen LogP contribution in [-0.2, 0) is 11.3 Å². The molecule has 2 aromatic rings. The molecule has 20 heavy (non-hydrogen) atoms. The van der Waals surface area contributed by atoms with Crippen molar-refractivity contribution in [2.24, 2.45) is 0 Å². The SMILES string of the molecule is COCc1cccc(C(O)c2ccc(OC)cc2C)c1. The van der Waals surface area contributed by atoms with Crippen LogP contribution in [0.3, 0.4) is 0 Å². The fourth-order valence-electron chi connectivity index (χ4n) is 2.28. The third kappa shape index (κ3) is 3.18. The molecular formula is C17H20O3. The lowest BCUT2D eigenvalue weighted by Gasteiger charge is -2.16. The molecule has 1 atom stereocenters. The van der Waals surface area contributed by atoms with Gasteiger partial charge in [-0.2, -0.15) is 0 Å². The highest BCUT2D eigenvalue weighted by Crippen LogP contribution is 2.28. The molecule has 0 bridgehead atoms. The molecule has 0 spiro atoms. The molecule has 3 heteroatoms. The van der Waals surface area contributed by atoms with Gasteiger partial charge in [0.05, 0.1) is 13.7 Å². The minimum Gasteiger partial charge on any atom is -0.497 e. The van der Waals surface area contributed by atoms with Gasteiger partial charge in [-0.3, -0.25) is 0 Å². The molecule has 0 saturated heterocycles. The number of aliphatic hydroxyl groups excluding tert-OH is 1. The van der Waals surface area contributed by atoms with Crippen LogP contribution in [0.1, 0.15) is 28.4 Å². The number of benzene rings is 2. The van der Waals surface area contributed by atoms with Crippen LogP contribution in [0.15, 0.2) is 42.5 Å². The Bertz CT molecular complexity index is 578. The zero-order valence-electron chi connectivity index (χ0n) is 12.1. The van der Waals surface area contributed by atoms with Gasteiger partial charge in [-0.05, 0) is 41.3 Å². The molecule has 2 aromatic carbocycles. The Morgan fingerprint density at radius 3 is 2.55 bits per heavy atom. The molecule has 0 aliphatic rings. The van der Waals surface area contributed by atoms with Crippen molar-refractivity contribution < 1.29 is 14.6 Å². The van der Waals surface area contributed by atoms with Gasteiger partial charge < -0.3 is 14.6 Å². The molecule has 3 nitrogen and oxygen atoms in total. The van der Waals surface area contributed by atoms with Crippen LogP contribution in [0.4, 0.5) is 0 Å². The maximum absolute atomic E-state index is 10.5. The number of hydrogen-bond donors (Lipinski definition) is 1. The number of aryl methyl sites for hydroxylation is 1. The quantitative estimate of drug-likeness (QED) is 0.908. The van der Waals surface area contributed by atoms with E-state index in [-0.39, 0.29) is 0 Å². The molecule has 2 rings (SSSR count). The van der Waals surface area contributed by atoms with Crippen molar-refractivity contribution in [1.82, 2.24) is 0 Å². The molecule has 0 saturated carbocycles. The van der Waals surface area contributed by atoms with E-state index in [1.807, 2.05) is 49.4 Å². The van der Waals surface area contributed by atoms with Crippen LogP contribution in [0.2, 0.25) is 0 Å². The Morgan fingerprint density at radius 2 is 1.90 bits per heavy atom. The molecule has 0 amide bonds. The lowest BCUT2D eigenvalue weighted by molar-refractivity contribution is 0.184. The number of ether oxygens (including phenoxy) is 2. The topological polar surface area (TPSA) is 38.7 Å². The predicted molar refractivity (Wildman–Crippen MR) is 78.9 cm³/mol. The first kappa shape index (κ1) is 14.6. The highest BCUT2D eigenvalue weighted by atomic mass is 16.5. The Hall–Kier alpha value is -1.84. The fourth-order valence-corrected chi connectivity index (χ4v) is 2.28. The number of hydrogen-bond acceptors (Lipinski definition) is 3. The average molecular weight is 272 g/mol. The molecule has 0 fully saturated rings. The summed E-state index contributed by atoms with van der Waals surface area (Å²) in [6.45, 7) is 2.52. The fraction of sp³-hybridized carbons (Fsp3) is 0.294. The summed E-state index contributed by atoms with van der Waals surface area (Å²) in [7, 11) is 3.30. The summed E-state index contributed by atoms with van der Waals surface area (Å²) in [6.07, 6.45) is -0.641. The Balaban J connectivity index is 2.30. The summed E-state index contributed by atoms with van der Waals surface area (Å²) < 4.78 is 10.3. The number of methoxy groups -OCH3 is 2. The molecule has 0 aromatic heterocycles. The van der Waals surface area contributed by atoms with Crippen LogP contribution in [0, 0.1) is 6.92 Å². The summed E-state index contributed by atoms with van der Waals surface area (Å²) in [6, 6.07) is 13.5. The first-order valence-electron chi connectivity index (χ1n) is 6.56. The van der Waals surface area contributed by atoms with E-state index < -0.39 is 6.10 Å². The zero-order valence-corrected chi connectivity index (χ0v) is 12.1. The van der Waals surface area contributed by atoms with Gasteiger partial charge in [0.2, 0.25) is 0 Å². The van der Waals surface area contributed by atoms with Gasteiger partial charge in [0.15, 0.2) is 0 Å². The van der Waals surface area contributed by atoms with Crippen molar-refractivity contribution in [3.05, 3.63) is 64.7 Å². The molecular weight excluding hydrogens is 252 g/mol. The predicted octanol–water partition coefficient (Wildman–Crippen LogP) is 3.23. The minimum absolute atomic E-state index is 0.544. The molecule has 1 N–H and O–H groups in total. The largest absolute Gasteiger partial charge is 0.497 e. The molecule has 0 heterocycles. The maximum Gasteiger partial charge on any atom is 0.119 e. The lowest BCUT2D eigenvalue weighted by Crippen LogP contribution is -2.03. The second kappa shape index (κ2) is 6.55. The van der Waals surface area contributed by atoms with E-state index in [9.17, 15) is 5.11 Å². The van der Waals surface area contributed by atoms with Gasteiger partial charge in [0.25, 0.3) is 0 Å². The van der Waals surface area contributed by atoms with E-state index in [0.717, 1.165) is 28.0 Å². The Morgan fingerprint density at radius 1 is 1.10 bits per heavy atom. The second-order valence-corrected chi connectivity index (χ2v) is 4.80. The van der Waals surface area contributed by atoms with Gasteiger partial charge in [-0.15, -0.1) is 0 Å². The third-order valence-electron chi connectivity index (χ3n) is 3.35. The van der Waals surface area contributed by atoms with E-state index in [2.05, 4.69) is 0 Å². The minimum atomic E-state index is -0.641. The number of aliphatic hydroxyl groups is 1. The van der Waals surface area contributed by atoms with Crippen molar-refractivity contribution in [1.29, 1.82) is 0 Å². The monoisotopic (exact) mass is 272 g/mol. The summed E-state index contributed by atoms with van der Waals surface area (Å²) in [5, 5.41) is 10.5. The smallest absolute Gasteiger partial charge is 0.119 e. The Kier molecular flexibility index (Phi) is 4.77. The lowest BCUT2D eigenvalue weighted by atomic mass is 9.96. The summed E-state index contributed by atoms with van der Waals surface area (Å²) >= 11 is 0. The van der Waals surface area contributed by atoms with E-state index in [0.29, 0.717) is 6.61 Å². The van der Waals surface area contributed by atoms with Crippen LogP contribution in [0.25, 0.3) is 0 Å². The highest BCUT2D eigenvalue weighted by Gasteiger charge is 2.13. The molecule has 1 unspecified atom stereocenters. The van der Waals surface area contributed by atoms with E-state index in [4.69, 9.17) is 9.47 Å². The van der Waals surface area contributed by atoms with Crippen LogP contribution in [0.5, 0.6) is 5.75 Å². The molecule has 0 aliphatic carbocycles. The van der Waals surface area contributed by atoms with Crippen molar-refractivity contribution in [3.63, 3.8) is 0 Å². The standard InChI is InChI=1S/C17H20O3/c1-12-9-15(20-3)7-8-16(12)17(18)14-6-4-5-13(10-14)11-19-2/h4-10,17-18H,11H2,1-3H3. The second-order valence-electron chi connectivity index (χ2n) is 4.80. The van der Waals surface area contributed by atoms with E-state index in [1.165, 1.54) is 0 Å². The maximum atomic E-state index is 10.5. The molecule has 106 valence electrons. The van der Waals surface area contributed by atoms with E-state index in [1.54, 1.807) is 14.2 Å². The first-order valence-corrected chi connectivity index (χ1v) is 6.56. The van der Waals surface area contributed by atoms with Crippen LogP contribution < -0.4 is 4.74 Å². The average Bonchev–Trinajstić information content (AvgIpc) is 2.47. The highest BCUT2D eigenvalue weighted by molar-refractivity contribution is 5.40. The first-order chi connectivity index (χ1) is 9.65.